The van der Waals surface area contributed by atoms with Crippen LogP contribution in [0, 0.1) is 0 Å². The molecule has 2 rings (SSSR count). The van der Waals surface area contributed by atoms with Gasteiger partial charge in [-0.15, -0.1) is 0 Å². The summed E-state index contributed by atoms with van der Waals surface area (Å²) in [5.74, 6) is 0.548. The van der Waals surface area contributed by atoms with Gasteiger partial charge in [0, 0.05) is 12.0 Å². The second-order valence-electron chi connectivity index (χ2n) is 3.40. The number of nitrogens with zero attached hydrogens (tertiary/aromatic N) is 1. The monoisotopic (exact) mass is 205 g/mol. The molecule has 0 fully saturated rings. The summed E-state index contributed by atoms with van der Waals surface area (Å²) in [7, 11) is 1.59. The summed E-state index contributed by atoms with van der Waals surface area (Å²) in [6.07, 6.45) is 1.19. The average molecular weight is 205 g/mol. The van der Waals surface area contributed by atoms with Crippen LogP contribution >= 0.6 is 0 Å². The Morgan fingerprint density at radius 2 is 2.20 bits per heavy atom. The number of fused-ring (bicyclic) bond motifs is 1. The highest BCUT2D eigenvalue weighted by Gasteiger charge is 2.23. The van der Waals surface area contributed by atoms with E-state index < -0.39 is 0 Å². The van der Waals surface area contributed by atoms with Crippen LogP contribution in [0.5, 0.6) is 5.75 Å². The lowest BCUT2D eigenvalue weighted by Gasteiger charge is -2.15. The van der Waals surface area contributed by atoms with Crippen molar-refractivity contribution in [2.45, 2.75) is 12.8 Å². The third-order valence-corrected chi connectivity index (χ3v) is 2.57. The number of ketones is 1. The molecule has 1 N–H and O–H groups in total. The Hall–Kier alpha value is -1.84. The highest BCUT2D eigenvalue weighted by Crippen LogP contribution is 2.24. The van der Waals surface area contributed by atoms with Crippen molar-refractivity contribution in [2.75, 3.05) is 7.11 Å². The van der Waals surface area contributed by atoms with Gasteiger partial charge < -0.3 is 9.94 Å². The van der Waals surface area contributed by atoms with E-state index in [0.717, 1.165) is 11.3 Å². The molecule has 0 aliphatic heterocycles. The third kappa shape index (κ3) is 1.58. The van der Waals surface area contributed by atoms with Crippen LogP contribution in [0.4, 0.5) is 0 Å². The molecule has 15 heavy (non-hydrogen) atoms. The number of aryl methyl sites for hydroxylation is 1. The molecule has 1 aromatic carbocycles. The Morgan fingerprint density at radius 3 is 2.87 bits per heavy atom. The van der Waals surface area contributed by atoms with Gasteiger partial charge in [0.2, 0.25) is 5.78 Å². The summed E-state index contributed by atoms with van der Waals surface area (Å²) in [6, 6.07) is 5.29. The number of benzene rings is 1. The quantitative estimate of drug-likeness (QED) is 0.560. The van der Waals surface area contributed by atoms with E-state index in [1.165, 1.54) is 0 Å². The number of rotatable bonds is 1. The van der Waals surface area contributed by atoms with E-state index in [1.807, 2.05) is 6.07 Å². The second kappa shape index (κ2) is 3.73. The molecule has 1 aliphatic carbocycles. The molecule has 0 radical (unpaired) electrons. The number of carbonyl (C=O) groups excluding carboxylic acids is 1. The van der Waals surface area contributed by atoms with Crippen molar-refractivity contribution in [1.29, 1.82) is 0 Å². The fraction of sp³-hybridized carbons (Fsp3) is 0.273. The molecule has 0 saturated heterocycles. The van der Waals surface area contributed by atoms with Gasteiger partial charge in [0.05, 0.1) is 7.11 Å². The van der Waals surface area contributed by atoms with Crippen molar-refractivity contribution in [1.82, 2.24) is 0 Å². The standard InChI is InChI=1S/C11H11NO3/c1-15-8-3-4-9-7(6-8)2-5-10(12-14)11(9)13/h3-4,6,14H,2,5H2,1H3. The molecule has 0 saturated carbocycles. The minimum atomic E-state index is -0.193. The zero-order chi connectivity index (χ0) is 10.8. The van der Waals surface area contributed by atoms with Gasteiger partial charge in [-0.25, -0.2) is 0 Å². The smallest absolute Gasteiger partial charge is 0.210 e. The average Bonchev–Trinajstić information content (AvgIpc) is 2.29. The van der Waals surface area contributed by atoms with Crippen LogP contribution in [0.1, 0.15) is 22.3 Å². The molecule has 0 heterocycles. The number of hydrogen-bond donors (Lipinski definition) is 1. The predicted molar refractivity (Wildman–Crippen MR) is 54.9 cm³/mol. The van der Waals surface area contributed by atoms with E-state index in [1.54, 1.807) is 19.2 Å². The fourth-order valence-corrected chi connectivity index (χ4v) is 1.74. The summed E-state index contributed by atoms with van der Waals surface area (Å²) in [4.78, 5) is 11.7. The normalized spacial score (nSPS) is 17.7. The molecule has 0 amide bonds. The van der Waals surface area contributed by atoms with E-state index in [2.05, 4.69) is 5.16 Å². The molecule has 0 spiro atoms. The molecule has 0 bridgehead atoms. The maximum atomic E-state index is 11.7. The van der Waals surface area contributed by atoms with Crippen LogP contribution in [0.15, 0.2) is 23.4 Å². The first-order chi connectivity index (χ1) is 7.26. The van der Waals surface area contributed by atoms with Crippen molar-refractivity contribution in [2.24, 2.45) is 5.16 Å². The van der Waals surface area contributed by atoms with Gasteiger partial charge in [0.1, 0.15) is 11.5 Å². The molecule has 0 unspecified atom stereocenters. The first-order valence-corrected chi connectivity index (χ1v) is 4.69. The molecule has 1 aromatic rings. The number of oxime groups is 1. The Labute approximate surface area is 87.2 Å². The first kappa shape index (κ1) is 9.71. The molecular weight excluding hydrogens is 194 g/mol. The third-order valence-electron chi connectivity index (χ3n) is 2.57. The maximum Gasteiger partial charge on any atom is 0.210 e. The van der Waals surface area contributed by atoms with Crippen molar-refractivity contribution < 1.29 is 14.7 Å². The minimum absolute atomic E-state index is 0.193. The highest BCUT2D eigenvalue weighted by molar-refractivity contribution is 6.47. The van der Waals surface area contributed by atoms with Crippen LogP contribution in [0.3, 0.4) is 0 Å². The van der Waals surface area contributed by atoms with Crippen LogP contribution in [0.25, 0.3) is 0 Å². The van der Waals surface area contributed by atoms with Gasteiger partial charge in [-0.1, -0.05) is 5.16 Å². The molecular formula is C11H11NO3. The fourth-order valence-electron chi connectivity index (χ4n) is 1.74. The van der Waals surface area contributed by atoms with Gasteiger partial charge in [0.25, 0.3) is 0 Å². The largest absolute Gasteiger partial charge is 0.497 e. The van der Waals surface area contributed by atoms with Gasteiger partial charge in [-0.05, 0) is 30.2 Å². The van der Waals surface area contributed by atoms with E-state index >= 15 is 0 Å². The van der Waals surface area contributed by atoms with Crippen molar-refractivity contribution in [3.8, 4) is 5.75 Å². The number of ether oxygens (including phenoxy) is 1. The molecule has 4 nitrogen and oxygen atoms in total. The summed E-state index contributed by atoms with van der Waals surface area (Å²) in [5.41, 5.74) is 1.79. The van der Waals surface area contributed by atoms with Crippen LogP contribution in [-0.2, 0) is 6.42 Å². The zero-order valence-corrected chi connectivity index (χ0v) is 8.36. The topological polar surface area (TPSA) is 58.9 Å². The maximum absolute atomic E-state index is 11.7. The lowest BCUT2D eigenvalue weighted by Crippen LogP contribution is -2.22. The van der Waals surface area contributed by atoms with Crippen molar-refractivity contribution in [3.05, 3.63) is 29.3 Å². The Morgan fingerprint density at radius 1 is 1.40 bits per heavy atom. The predicted octanol–water partition coefficient (Wildman–Crippen LogP) is 1.65. The van der Waals surface area contributed by atoms with Gasteiger partial charge in [0.15, 0.2) is 0 Å². The summed E-state index contributed by atoms with van der Waals surface area (Å²) >= 11 is 0. The molecule has 0 atom stereocenters. The van der Waals surface area contributed by atoms with E-state index in [-0.39, 0.29) is 11.5 Å². The zero-order valence-electron chi connectivity index (χ0n) is 8.36. The SMILES string of the molecule is COc1ccc2c(c1)CCC(=NO)C2=O. The van der Waals surface area contributed by atoms with Gasteiger partial charge in [-0.2, -0.15) is 0 Å². The van der Waals surface area contributed by atoms with E-state index in [0.29, 0.717) is 18.4 Å². The molecule has 0 aromatic heterocycles. The van der Waals surface area contributed by atoms with Gasteiger partial charge in [-0.3, -0.25) is 4.79 Å². The number of methoxy groups -OCH3 is 1. The molecule has 4 heteroatoms. The van der Waals surface area contributed by atoms with Gasteiger partial charge >= 0.3 is 0 Å². The highest BCUT2D eigenvalue weighted by atomic mass is 16.5. The molecule has 78 valence electrons. The lowest BCUT2D eigenvalue weighted by atomic mass is 9.89. The van der Waals surface area contributed by atoms with E-state index in [9.17, 15) is 4.79 Å². The Kier molecular flexibility index (Phi) is 2.41. The number of Topliss-reactive ketones (excluding diaryl/α,β-unsaturated/α-hetero) is 1. The summed E-state index contributed by atoms with van der Waals surface area (Å²) < 4.78 is 5.08. The van der Waals surface area contributed by atoms with Crippen LogP contribution < -0.4 is 4.74 Å². The van der Waals surface area contributed by atoms with Crippen molar-refractivity contribution >= 4 is 11.5 Å². The Bertz CT molecular complexity index is 437. The van der Waals surface area contributed by atoms with Crippen molar-refractivity contribution in [3.63, 3.8) is 0 Å². The van der Waals surface area contributed by atoms with Crippen LogP contribution in [-0.4, -0.2) is 23.8 Å². The summed E-state index contributed by atoms with van der Waals surface area (Å²) in [6.45, 7) is 0. The Balaban J connectivity index is 2.46. The first-order valence-electron chi connectivity index (χ1n) is 4.69. The lowest BCUT2D eigenvalue weighted by molar-refractivity contribution is 0.105. The second-order valence-corrected chi connectivity index (χ2v) is 3.40. The van der Waals surface area contributed by atoms with E-state index in [4.69, 9.17) is 9.94 Å². The summed E-state index contributed by atoms with van der Waals surface area (Å²) in [5, 5.41) is 11.6. The number of carbonyl (C=O) groups is 1. The number of hydrogen-bond acceptors (Lipinski definition) is 4. The minimum Gasteiger partial charge on any atom is -0.497 e. The van der Waals surface area contributed by atoms with Crippen LogP contribution in [0.2, 0.25) is 0 Å². The molecule has 1 aliphatic rings.